The highest BCUT2D eigenvalue weighted by Gasteiger charge is 2.25. The lowest BCUT2D eigenvalue weighted by atomic mass is 10.1. The molecule has 6 nitrogen and oxygen atoms in total. The first-order chi connectivity index (χ1) is 8.99. The third-order valence-corrected chi connectivity index (χ3v) is 3.57. The normalized spacial score (nSPS) is 21.9. The van der Waals surface area contributed by atoms with Crippen LogP contribution in [-0.4, -0.2) is 46.5 Å². The number of carbonyl (C=O) groups is 1. The first kappa shape index (κ1) is 16.9. The van der Waals surface area contributed by atoms with Crippen LogP contribution in [0.15, 0.2) is 6.07 Å². The van der Waals surface area contributed by atoms with Gasteiger partial charge >= 0.3 is 0 Å². The lowest BCUT2D eigenvalue weighted by Gasteiger charge is -2.13. The minimum atomic E-state index is -0.379. The fourth-order valence-electron chi connectivity index (χ4n) is 2.37. The van der Waals surface area contributed by atoms with E-state index in [4.69, 9.17) is 0 Å². The van der Waals surface area contributed by atoms with Gasteiger partial charge in [-0.05, 0) is 12.0 Å². The van der Waals surface area contributed by atoms with Gasteiger partial charge in [-0.3, -0.25) is 9.48 Å². The summed E-state index contributed by atoms with van der Waals surface area (Å²) in [5.74, 6) is 0.235. The highest BCUT2D eigenvalue weighted by molar-refractivity contribution is 5.92. The van der Waals surface area contributed by atoms with Gasteiger partial charge in [0.15, 0.2) is 0 Å². The molecule has 1 aliphatic rings. The average Bonchev–Trinajstić information content (AvgIpc) is 2.92. The van der Waals surface area contributed by atoms with Crippen molar-refractivity contribution in [1.29, 1.82) is 0 Å². The number of aliphatic hydroxyl groups is 1. The Labute approximate surface area is 125 Å². The van der Waals surface area contributed by atoms with Crippen molar-refractivity contribution in [2.75, 3.05) is 19.6 Å². The van der Waals surface area contributed by atoms with Crippen molar-refractivity contribution in [3.05, 3.63) is 17.5 Å². The van der Waals surface area contributed by atoms with Gasteiger partial charge in [0.2, 0.25) is 0 Å². The van der Waals surface area contributed by atoms with Gasteiger partial charge in [-0.2, -0.15) is 5.10 Å². The number of β-amino-alcohol motifs (C(OH)–C–C–N with tert-alkyl or cyclic N) is 1. The zero-order valence-corrected chi connectivity index (χ0v) is 12.9. The Kier molecular flexibility index (Phi) is 5.98. The predicted molar refractivity (Wildman–Crippen MR) is 79.2 cm³/mol. The van der Waals surface area contributed by atoms with Gasteiger partial charge in [0.05, 0.1) is 6.10 Å². The number of amides is 1. The topological polar surface area (TPSA) is 79.2 Å². The summed E-state index contributed by atoms with van der Waals surface area (Å²) >= 11 is 0. The van der Waals surface area contributed by atoms with Crippen molar-refractivity contribution in [2.45, 2.75) is 25.9 Å². The standard InChI is InChI=1S/C13H22N4O2.ClH/c1-8(2)11-4-10(16-17(11)3)13(19)15-6-9-5-14-7-12(9)18;/h4,8-9,12,14,18H,5-7H2,1-3H3,(H,15,19);1H. The summed E-state index contributed by atoms with van der Waals surface area (Å²) in [6.07, 6.45) is -0.379. The first-order valence-corrected chi connectivity index (χ1v) is 6.70. The Morgan fingerprint density at radius 2 is 2.30 bits per heavy atom. The molecule has 3 N–H and O–H groups in total. The van der Waals surface area contributed by atoms with E-state index in [0.29, 0.717) is 24.7 Å². The number of aliphatic hydroxyl groups excluding tert-OH is 1. The molecular weight excluding hydrogens is 280 g/mol. The molecule has 114 valence electrons. The van der Waals surface area contributed by atoms with Crippen molar-refractivity contribution in [3.63, 3.8) is 0 Å². The molecule has 2 heterocycles. The second-order valence-corrected chi connectivity index (χ2v) is 5.43. The zero-order valence-electron chi connectivity index (χ0n) is 12.1. The zero-order chi connectivity index (χ0) is 14.0. The van der Waals surface area contributed by atoms with Crippen molar-refractivity contribution in [3.8, 4) is 0 Å². The molecule has 1 amide bonds. The molecule has 0 aromatic carbocycles. The summed E-state index contributed by atoms with van der Waals surface area (Å²) in [5, 5.41) is 19.8. The second-order valence-electron chi connectivity index (χ2n) is 5.43. The van der Waals surface area contributed by atoms with Crippen LogP contribution in [0.2, 0.25) is 0 Å². The van der Waals surface area contributed by atoms with Gasteiger partial charge in [0.25, 0.3) is 5.91 Å². The van der Waals surface area contributed by atoms with Crippen LogP contribution in [0, 0.1) is 5.92 Å². The van der Waals surface area contributed by atoms with Crippen LogP contribution in [0.4, 0.5) is 0 Å². The van der Waals surface area contributed by atoms with Gasteiger partial charge in [0, 0.05) is 38.3 Å². The Morgan fingerprint density at radius 1 is 1.60 bits per heavy atom. The average molecular weight is 303 g/mol. The smallest absolute Gasteiger partial charge is 0.271 e. The Morgan fingerprint density at radius 3 is 2.80 bits per heavy atom. The molecule has 0 bridgehead atoms. The van der Waals surface area contributed by atoms with Gasteiger partial charge in [-0.15, -0.1) is 12.4 Å². The fourth-order valence-corrected chi connectivity index (χ4v) is 2.37. The lowest BCUT2D eigenvalue weighted by Crippen LogP contribution is -2.34. The largest absolute Gasteiger partial charge is 0.391 e. The number of nitrogens with one attached hydrogen (secondary N) is 2. The minimum Gasteiger partial charge on any atom is -0.391 e. The highest BCUT2D eigenvalue weighted by Crippen LogP contribution is 2.14. The summed E-state index contributed by atoms with van der Waals surface area (Å²) in [6.45, 7) is 5.95. The van der Waals surface area contributed by atoms with E-state index >= 15 is 0 Å². The summed E-state index contributed by atoms with van der Waals surface area (Å²) in [4.78, 5) is 12.0. The van der Waals surface area contributed by atoms with Crippen molar-refractivity contribution < 1.29 is 9.90 Å². The molecule has 0 saturated carbocycles. The highest BCUT2D eigenvalue weighted by atomic mass is 35.5. The molecule has 2 rings (SSSR count). The number of rotatable bonds is 4. The summed E-state index contributed by atoms with van der Waals surface area (Å²) < 4.78 is 1.74. The molecule has 2 unspecified atom stereocenters. The molecule has 1 aliphatic heterocycles. The summed E-state index contributed by atoms with van der Waals surface area (Å²) in [5.41, 5.74) is 1.47. The number of aryl methyl sites for hydroxylation is 1. The number of hydrogen-bond acceptors (Lipinski definition) is 4. The van der Waals surface area contributed by atoms with E-state index in [2.05, 4.69) is 29.6 Å². The molecule has 1 aromatic heterocycles. The van der Waals surface area contributed by atoms with Gasteiger partial charge in [0.1, 0.15) is 5.69 Å². The van der Waals surface area contributed by atoms with Crippen LogP contribution >= 0.6 is 12.4 Å². The Balaban J connectivity index is 0.00000200. The third kappa shape index (κ3) is 3.71. The van der Waals surface area contributed by atoms with Crippen LogP contribution in [0.1, 0.15) is 35.9 Å². The molecule has 1 fully saturated rings. The monoisotopic (exact) mass is 302 g/mol. The van der Waals surface area contributed by atoms with E-state index in [1.165, 1.54) is 0 Å². The van der Waals surface area contributed by atoms with Crippen LogP contribution in [0.3, 0.4) is 0 Å². The maximum absolute atomic E-state index is 12.0. The van der Waals surface area contributed by atoms with Gasteiger partial charge in [-0.1, -0.05) is 13.8 Å². The van der Waals surface area contributed by atoms with E-state index in [-0.39, 0.29) is 30.3 Å². The molecule has 2 atom stereocenters. The molecule has 0 radical (unpaired) electrons. The lowest BCUT2D eigenvalue weighted by molar-refractivity contribution is 0.0921. The summed E-state index contributed by atoms with van der Waals surface area (Å²) in [6, 6.07) is 1.82. The van der Waals surface area contributed by atoms with E-state index in [0.717, 1.165) is 12.2 Å². The number of nitrogens with zero attached hydrogens (tertiary/aromatic N) is 2. The SMILES string of the molecule is CC(C)c1cc(C(=O)NCC2CNCC2O)nn1C.Cl. The number of carbonyl (C=O) groups excluding carboxylic acids is 1. The van der Waals surface area contributed by atoms with Crippen molar-refractivity contribution in [1.82, 2.24) is 20.4 Å². The van der Waals surface area contributed by atoms with E-state index < -0.39 is 0 Å². The minimum absolute atomic E-state index is 0. The van der Waals surface area contributed by atoms with Crippen LogP contribution in [0.5, 0.6) is 0 Å². The molecule has 20 heavy (non-hydrogen) atoms. The van der Waals surface area contributed by atoms with Crippen LogP contribution in [0.25, 0.3) is 0 Å². The van der Waals surface area contributed by atoms with Gasteiger partial charge in [-0.25, -0.2) is 0 Å². The Bertz CT molecular complexity index is 461. The predicted octanol–water partition coefficient (Wildman–Crippen LogP) is 0.275. The number of hydrogen-bond donors (Lipinski definition) is 3. The molecular formula is C13H23ClN4O2. The quantitative estimate of drug-likeness (QED) is 0.746. The molecule has 0 aliphatic carbocycles. The van der Waals surface area contributed by atoms with Crippen LogP contribution in [-0.2, 0) is 7.05 Å². The molecule has 1 aromatic rings. The first-order valence-electron chi connectivity index (χ1n) is 6.70. The maximum Gasteiger partial charge on any atom is 0.271 e. The molecule has 7 heteroatoms. The third-order valence-electron chi connectivity index (χ3n) is 3.57. The summed E-state index contributed by atoms with van der Waals surface area (Å²) in [7, 11) is 1.84. The van der Waals surface area contributed by atoms with Crippen molar-refractivity contribution >= 4 is 18.3 Å². The van der Waals surface area contributed by atoms with Gasteiger partial charge < -0.3 is 15.7 Å². The number of aromatic nitrogens is 2. The van der Waals surface area contributed by atoms with E-state index in [1.807, 2.05) is 13.1 Å². The van der Waals surface area contributed by atoms with Crippen LogP contribution < -0.4 is 10.6 Å². The Hall–Kier alpha value is -1.11. The van der Waals surface area contributed by atoms with E-state index in [9.17, 15) is 9.90 Å². The molecule has 0 spiro atoms. The van der Waals surface area contributed by atoms with E-state index in [1.54, 1.807) is 4.68 Å². The number of halogens is 1. The second kappa shape index (κ2) is 7.06. The van der Waals surface area contributed by atoms with Crippen molar-refractivity contribution in [2.24, 2.45) is 13.0 Å². The molecule has 1 saturated heterocycles. The fraction of sp³-hybridized carbons (Fsp3) is 0.692. The maximum atomic E-state index is 12.0.